The van der Waals surface area contributed by atoms with Crippen LogP contribution >= 0.6 is 0 Å². The summed E-state index contributed by atoms with van der Waals surface area (Å²) in [6, 6.07) is 2.05. The molecule has 0 amide bonds. The number of rotatable bonds is 4. The van der Waals surface area contributed by atoms with Crippen molar-refractivity contribution < 1.29 is 8.42 Å². The lowest BCUT2D eigenvalue weighted by Crippen LogP contribution is -2.33. The second kappa shape index (κ2) is 6.56. The first-order valence-corrected chi connectivity index (χ1v) is 10.8. The van der Waals surface area contributed by atoms with Crippen molar-refractivity contribution in [1.82, 2.24) is 23.8 Å². The van der Waals surface area contributed by atoms with E-state index in [0.29, 0.717) is 36.7 Å². The van der Waals surface area contributed by atoms with Crippen LogP contribution in [0.2, 0.25) is 0 Å². The van der Waals surface area contributed by atoms with Crippen LogP contribution in [-0.2, 0) is 17.1 Å². The van der Waals surface area contributed by atoms with Crippen molar-refractivity contribution in [2.45, 2.75) is 31.7 Å². The molecule has 27 heavy (non-hydrogen) atoms. The van der Waals surface area contributed by atoms with Gasteiger partial charge in [-0.15, -0.1) is 0 Å². The van der Waals surface area contributed by atoms with Crippen molar-refractivity contribution in [3.05, 3.63) is 30.1 Å². The Morgan fingerprint density at radius 1 is 1.11 bits per heavy atom. The highest BCUT2D eigenvalue weighted by atomic mass is 32.2. The SMILES string of the molecule is Cc1nc(S(=O)(=O)N2CC3CN(c4cc(C(C)C)ncn4)CC3C2)cn1C. The van der Waals surface area contributed by atoms with Crippen LogP contribution in [0.25, 0.3) is 0 Å². The number of nitrogens with zero attached hydrogens (tertiary/aromatic N) is 6. The van der Waals surface area contributed by atoms with Crippen molar-refractivity contribution in [1.29, 1.82) is 0 Å². The van der Waals surface area contributed by atoms with Crippen LogP contribution in [0, 0.1) is 18.8 Å². The molecule has 0 aromatic carbocycles. The van der Waals surface area contributed by atoms with Gasteiger partial charge in [-0.05, 0) is 24.7 Å². The largest absolute Gasteiger partial charge is 0.356 e. The fourth-order valence-corrected chi connectivity index (χ4v) is 5.55. The molecule has 146 valence electrons. The Labute approximate surface area is 160 Å². The maximum atomic E-state index is 12.9. The lowest BCUT2D eigenvalue weighted by Gasteiger charge is -2.22. The molecule has 2 aromatic rings. The summed E-state index contributed by atoms with van der Waals surface area (Å²) in [5.74, 6) is 2.64. The van der Waals surface area contributed by atoms with Crippen LogP contribution in [0.3, 0.4) is 0 Å². The average Bonchev–Trinajstić information content (AvgIpc) is 3.29. The molecule has 2 aliphatic rings. The van der Waals surface area contributed by atoms with E-state index in [2.05, 4.69) is 39.8 Å². The molecule has 2 fully saturated rings. The first kappa shape index (κ1) is 18.4. The van der Waals surface area contributed by atoms with Gasteiger partial charge in [-0.1, -0.05) is 13.8 Å². The first-order chi connectivity index (χ1) is 12.8. The fourth-order valence-electron chi connectivity index (χ4n) is 3.97. The van der Waals surface area contributed by atoms with Gasteiger partial charge >= 0.3 is 0 Å². The number of hydrogen-bond donors (Lipinski definition) is 0. The number of hydrogen-bond acceptors (Lipinski definition) is 6. The number of sulfonamides is 1. The van der Waals surface area contributed by atoms with Crippen molar-refractivity contribution in [3.8, 4) is 0 Å². The summed E-state index contributed by atoms with van der Waals surface area (Å²) in [6.45, 7) is 8.78. The van der Waals surface area contributed by atoms with Gasteiger partial charge in [0.05, 0.1) is 0 Å². The number of aryl methyl sites for hydroxylation is 2. The van der Waals surface area contributed by atoms with Crippen LogP contribution in [0.15, 0.2) is 23.6 Å². The Kier molecular flexibility index (Phi) is 4.46. The third-order valence-electron chi connectivity index (χ3n) is 5.73. The van der Waals surface area contributed by atoms with Crippen LogP contribution < -0.4 is 4.90 Å². The maximum absolute atomic E-state index is 12.9. The highest BCUT2D eigenvalue weighted by Gasteiger charge is 2.45. The normalized spacial score (nSPS) is 23.4. The van der Waals surface area contributed by atoms with Gasteiger partial charge in [-0.2, -0.15) is 4.31 Å². The lowest BCUT2D eigenvalue weighted by molar-refractivity contribution is 0.450. The standard InChI is InChI=1S/C18H26N6O2S/c1-12(2)16-5-17(20-11-19-16)23-6-14-8-24(9-15(14)7-23)27(25,26)18-10-22(4)13(3)21-18/h5,10-12,14-15H,6-9H2,1-4H3. The molecule has 0 spiro atoms. The van der Waals surface area contributed by atoms with Crippen LogP contribution in [-0.4, -0.2) is 58.4 Å². The van der Waals surface area contributed by atoms with Gasteiger partial charge in [0.2, 0.25) is 0 Å². The van der Waals surface area contributed by atoms with Gasteiger partial charge in [0.1, 0.15) is 18.0 Å². The smallest absolute Gasteiger partial charge is 0.262 e. The van der Waals surface area contributed by atoms with Crippen LogP contribution in [0.4, 0.5) is 5.82 Å². The van der Waals surface area contributed by atoms with Gasteiger partial charge in [0.25, 0.3) is 10.0 Å². The molecule has 2 aliphatic heterocycles. The minimum atomic E-state index is -3.53. The number of anilines is 1. The quantitative estimate of drug-likeness (QED) is 0.785. The zero-order valence-electron chi connectivity index (χ0n) is 16.2. The highest BCUT2D eigenvalue weighted by Crippen LogP contribution is 2.36. The monoisotopic (exact) mass is 390 g/mol. The van der Waals surface area contributed by atoms with E-state index in [9.17, 15) is 8.42 Å². The van der Waals surface area contributed by atoms with Crippen molar-refractivity contribution in [2.24, 2.45) is 18.9 Å². The van der Waals surface area contributed by atoms with Gasteiger partial charge in [0, 0.05) is 51.2 Å². The minimum Gasteiger partial charge on any atom is -0.356 e. The molecule has 8 nitrogen and oxygen atoms in total. The summed E-state index contributed by atoms with van der Waals surface area (Å²) >= 11 is 0. The fraction of sp³-hybridized carbons (Fsp3) is 0.611. The van der Waals surface area contributed by atoms with E-state index in [1.165, 1.54) is 0 Å². The Bertz CT molecular complexity index is 921. The maximum Gasteiger partial charge on any atom is 0.262 e. The number of aromatic nitrogens is 4. The second-order valence-corrected chi connectivity index (χ2v) is 9.83. The van der Waals surface area contributed by atoms with Crippen molar-refractivity contribution in [2.75, 3.05) is 31.1 Å². The van der Waals surface area contributed by atoms with E-state index < -0.39 is 10.0 Å². The summed E-state index contributed by atoms with van der Waals surface area (Å²) < 4.78 is 29.2. The van der Waals surface area contributed by atoms with Gasteiger partial charge < -0.3 is 9.47 Å². The minimum absolute atomic E-state index is 0.150. The topological polar surface area (TPSA) is 84.2 Å². The third kappa shape index (κ3) is 3.23. The zero-order chi connectivity index (χ0) is 19.3. The van der Waals surface area contributed by atoms with E-state index >= 15 is 0 Å². The van der Waals surface area contributed by atoms with E-state index in [1.54, 1.807) is 21.4 Å². The first-order valence-electron chi connectivity index (χ1n) is 9.32. The second-order valence-electron chi connectivity index (χ2n) is 7.94. The van der Waals surface area contributed by atoms with Gasteiger partial charge in [-0.3, -0.25) is 0 Å². The van der Waals surface area contributed by atoms with Crippen LogP contribution in [0.1, 0.15) is 31.3 Å². The number of fused-ring (bicyclic) bond motifs is 1. The van der Waals surface area contributed by atoms with E-state index in [-0.39, 0.29) is 5.03 Å². The highest BCUT2D eigenvalue weighted by molar-refractivity contribution is 7.89. The Balaban J connectivity index is 1.47. The summed E-state index contributed by atoms with van der Waals surface area (Å²) in [6.07, 6.45) is 3.22. The predicted molar refractivity (Wildman–Crippen MR) is 102 cm³/mol. The van der Waals surface area contributed by atoms with Crippen LogP contribution in [0.5, 0.6) is 0 Å². The molecule has 9 heteroatoms. The lowest BCUT2D eigenvalue weighted by atomic mass is 10.0. The molecule has 4 heterocycles. The molecule has 2 aromatic heterocycles. The molecule has 0 saturated carbocycles. The number of imidazole rings is 1. The van der Waals surface area contributed by atoms with E-state index in [1.807, 2.05) is 14.0 Å². The van der Waals surface area contributed by atoms with E-state index in [4.69, 9.17) is 0 Å². The molecule has 0 aliphatic carbocycles. The zero-order valence-corrected chi connectivity index (χ0v) is 17.0. The Morgan fingerprint density at radius 3 is 2.33 bits per heavy atom. The molecule has 4 rings (SSSR count). The molecule has 0 N–H and O–H groups in total. The molecule has 2 saturated heterocycles. The van der Waals surface area contributed by atoms with Gasteiger partial charge in [-0.25, -0.2) is 23.4 Å². The Morgan fingerprint density at radius 2 is 1.78 bits per heavy atom. The molecule has 2 unspecified atom stereocenters. The predicted octanol–water partition coefficient (Wildman–Crippen LogP) is 1.40. The summed E-state index contributed by atoms with van der Waals surface area (Å²) in [5, 5.41) is 0.150. The summed E-state index contributed by atoms with van der Waals surface area (Å²) in [7, 11) is -1.71. The molecule has 0 bridgehead atoms. The molecule has 0 radical (unpaired) electrons. The summed E-state index contributed by atoms with van der Waals surface area (Å²) in [4.78, 5) is 15.2. The van der Waals surface area contributed by atoms with Gasteiger partial charge in [0.15, 0.2) is 5.03 Å². The Hall–Kier alpha value is -2.00. The average molecular weight is 391 g/mol. The molecular formula is C18H26N6O2S. The van der Waals surface area contributed by atoms with Crippen molar-refractivity contribution in [3.63, 3.8) is 0 Å². The third-order valence-corrected chi connectivity index (χ3v) is 7.44. The van der Waals surface area contributed by atoms with Crippen molar-refractivity contribution >= 4 is 15.8 Å². The summed E-state index contributed by atoms with van der Waals surface area (Å²) in [5.41, 5.74) is 1.03. The van der Waals surface area contributed by atoms with E-state index in [0.717, 1.165) is 24.6 Å². The molecular weight excluding hydrogens is 364 g/mol. The molecule has 2 atom stereocenters.